The molecule has 44 heavy (non-hydrogen) atoms. The maximum atomic E-state index is 13.5. The largest absolute Gasteiger partial charge is 0.416 e. The van der Waals surface area contributed by atoms with Crippen molar-refractivity contribution in [3.8, 4) is 11.1 Å². The summed E-state index contributed by atoms with van der Waals surface area (Å²) in [5, 5.41) is 5.94. The summed E-state index contributed by atoms with van der Waals surface area (Å²) >= 11 is 5.83. The van der Waals surface area contributed by atoms with Gasteiger partial charge in [0.05, 0.1) is 22.7 Å². The van der Waals surface area contributed by atoms with E-state index in [1.54, 1.807) is 12.1 Å². The number of alkyl halides is 6. The van der Waals surface area contributed by atoms with Gasteiger partial charge in [0.15, 0.2) is 0 Å². The van der Waals surface area contributed by atoms with E-state index >= 15 is 0 Å². The topological polar surface area (TPSA) is 44.4 Å². The molecule has 1 saturated carbocycles. The fourth-order valence-corrected chi connectivity index (χ4v) is 6.42. The molecule has 12 heteroatoms. The second kappa shape index (κ2) is 12.7. The van der Waals surface area contributed by atoms with E-state index in [2.05, 4.69) is 15.5 Å². The Bertz CT molecular complexity index is 1440. The molecule has 236 valence electrons. The third-order valence-corrected chi connectivity index (χ3v) is 8.93. The standard InChI is InChI=1S/C32H31ClF7N3O/c33-27-18-25(9-10-28(27)34)42-29(44)19-41-30(11-13-43(14-12-30)26-3-1-2-4-26)22-7-5-20(6-8-22)21-15-23(31(35,36)37)17-24(16-21)32(38,39)40/h5-10,15-18,26,41H,1-4,11-14,19H2,(H,42,44). The van der Waals surface area contributed by atoms with Crippen molar-refractivity contribution in [3.63, 3.8) is 0 Å². The first-order chi connectivity index (χ1) is 20.7. The van der Waals surface area contributed by atoms with Gasteiger partial charge in [-0.2, -0.15) is 26.3 Å². The average molecular weight is 642 g/mol. The van der Waals surface area contributed by atoms with Crippen LogP contribution in [-0.2, 0) is 22.7 Å². The molecule has 5 rings (SSSR count). The molecule has 0 spiro atoms. The molecule has 1 aliphatic heterocycles. The first-order valence-electron chi connectivity index (χ1n) is 14.4. The number of halogens is 8. The lowest BCUT2D eigenvalue weighted by Gasteiger charge is -2.45. The summed E-state index contributed by atoms with van der Waals surface area (Å²) in [5.41, 5.74) is -2.32. The summed E-state index contributed by atoms with van der Waals surface area (Å²) in [6.07, 6.45) is -3.98. The van der Waals surface area contributed by atoms with Gasteiger partial charge < -0.3 is 10.2 Å². The third kappa shape index (κ3) is 7.38. The van der Waals surface area contributed by atoms with Crippen LogP contribution in [0.25, 0.3) is 11.1 Å². The van der Waals surface area contributed by atoms with Crippen molar-refractivity contribution in [1.29, 1.82) is 0 Å². The Balaban J connectivity index is 1.39. The molecule has 1 aliphatic carbocycles. The highest BCUT2D eigenvalue weighted by molar-refractivity contribution is 6.31. The average Bonchev–Trinajstić information content (AvgIpc) is 3.52. The Morgan fingerprint density at radius 2 is 1.43 bits per heavy atom. The first kappa shape index (κ1) is 32.2. The molecule has 1 heterocycles. The number of carbonyl (C=O) groups is 1. The molecule has 0 aromatic heterocycles. The molecule has 2 aliphatic rings. The number of amides is 1. The number of piperidine rings is 1. The molecule has 0 radical (unpaired) electrons. The van der Waals surface area contributed by atoms with Gasteiger partial charge in [0.1, 0.15) is 5.82 Å². The van der Waals surface area contributed by atoms with Crippen LogP contribution in [0.5, 0.6) is 0 Å². The van der Waals surface area contributed by atoms with Crippen LogP contribution in [0.2, 0.25) is 5.02 Å². The predicted octanol–water partition coefficient (Wildman–Crippen LogP) is 8.65. The molecule has 2 N–H and O–H groups in total. The Morgan fingerprint density at radius 3 is 1.98 bits per heavy atom. The number of rotatable bonds is 7. The zero-order chi connectivity index (χ0) is 31.7. The van der Waals surface area contributed by atoms with Crippen molar-refractivity contribution in [1.82, 2.24) is 10.2 Å². The molecule has 0 atom stereocenters. The third-order valence-electron chi connectivity index (χ3n) is 8.64. The summed E-state index contributed by atoms with van der Waals surface area (Å²) in [7, 11) is 0. The van der Waals surface area contributed by atoms with Crippen LogP contribution in [-0.4, -0.2) is 36.5 Å². The minimum absolute atomic E-state index is 0.0945. The Kier molecular flexibility index (Phi) is 9.30. The second-order valence-corrected chi connectivity index (χ2v) is 11.9. The van der Waals surface area contributed by atoms with Crippen LogP contribution < -0.4 is 10.6 Å². The molecule has 1 amide bonds. The van der Waals surface area contributed by atoms with Crippen LogP contribution in [0.1, 0.15) is 55.2 Å². The zero-order valence-corrected chi connectivity index (χ0v) is 24.3. The zero-order valence-electron chi connectivity index (χ0n) is 23.6. The van der Waals surface area contributed by atoms with E-state index in [-0.39, 0.29) is 34.7 Å². The van der Waals surface area contributed by atoms with E-state index in [4.69, 9.17) is 11.6 Å². The minimum atomic E-state index is -4.95. The summed E-state index contributed by atoms with van der Waals surface area (Å²) in [6, 6.07) is 12.3. The summed E-state index contributed by atoms with van der Waals surface area (Å²) in [6.45, 7) is 1.43. The first-order valence-corrected chi connectivity index (χ1v) is 14.8. The molecule has 0 bridgehead atoms. The van der Waals surface area contributed by atoms with E-state index in [9.17, 15) is 35.5 Å². The summed E-state index contributed by atoms with van der Waals surface area (Å²) in [4.78, 5) is 15.3. The fourth-order valence-electron chi connectivity index (χ4n) is 6.24. The van der Waals surface area contributed by atoms with E-state index in [1.165, 1.54) is 37.1 Å². The molecule has 2 fully saturated rings. The van der Waals surface area contributed by atoms with Crippen LogP contribution in [0.15, 0.2) is 60.7 Å². The van der Waals surface area contributed by atoms with Gasteiger partial charge in [-0.3, -0.25) is 10.1 Å². The molecule has 1 saturated heterocycles. The van der Waals surface area contributed by atoms with Crippen LogP contribution in [0.3, 0.4) is 0 Å². The number of hydrogen-bond acceptors (Lipinski definition) is 3. The normalized spacial score (nSPS) is 18.0. The number of nitrogens with one attached hydrogen (secondary N) is 2. The highest BCUT2D eigenvalue weighted by atomic mass is 35.5. The molecular formula is C32H31ClF7N3O. The van der Waals surface area contributed by atoms with Gasteiger partial charge in [-0.1, -0.05) is 48.7 Å². The number of nitrogens with zero attached hydrogens (tertiary/aromatic N) is 1. The SMILES string of the molecule is O=C(CNC1(c2ccc(-c3cc(C(F)(F)F)cc(C(F)(F)F)c3)cc2)CCN(C2CCCC2)CC1)Nc1ccc(F)c(Cl)c1. The molecule has 4 nitrogen and oxygen atoms in total. The number of likely N-dealkylation sites (tertiary alicyclic amines) is 1. The van der Waals surface area contributed by atoms with E-state index in [1.807, 2.05) is 0 Å². The highest BCUT2D eigenvalue weighted by Crippen LogP contribution is 2.40. The van der Waals surface area contributed by atoms with Crippen LogP contribution >= 0.6 is 11.6 Å². The Hall–Kier alpha value is -3.15. The van der Waals surface area contributed by atoms with Gasteiger partial charge in [0.25, 0.3) is 0 Å². The van der Waals surface area contributed by atoms with Crippen molar-refractivity contribution in [2.75, 3.05) is 25.0 Å². The number of benzene rings is 3. The number of carbonyl (C=O) groups excluding carboxylic acids is 1. The Morgan fingerprint density at radius 1 is 0.841 bits per heavy atom. The summed E-state index contributed by atoms with van der Waals surface area (Å²) < 4.78 is 94.2. The fraction of sp³-hybridized carbons (Fsp3) is 0.406. The maximum absolute atomic E-state index is 13.5. The lowest BCUT2D eigenvalue weighted by molar-refractivity contribution is -0.143. The van der Waals surface area contributed by atoms with Crippen molar-refractivity contribution >= 4 is 23.2 Å². The van der Waals surface area contributed by atoms with Gasteiger partial charge in [0, 0.05) is 30.4 Å². The predicted molar refractivity (Wildman–Crippen MR) is 155 cm³/mol. The monoisotopic (exact) mass is 641 g/mol. The van der Waals surface area contributed by atoms with Crippen molar-refractivity contribution in [3.05, 3.63) is 88.2 Å². The lowest BCUT2D eigenvalue weighted by atomic mass is 9.79. The number of hydrogen-bond donors (Lipinski definition) is 2. The van der Waals surface area contributed by atoms with Crippen LogP contribution in [0.4, 0.5) is 36.4 Å². The van der Waals surface area contributed by atoms with E-state index < -0.39 is 34.8 Å². The molecule has 3 aromatic carbocycles. The van der Waals surface area contributed by atoms with Gasteiger partial charge >= 0.3 is 12.4 Å². The molecule has 0 unspecified atom stereocenters. The van der Waals surface area contributed by atoms with E-state index in [0.29, 0.717) is 36.7 Å². The quantitative estimate of drug-likeness (QED) is 0.254. The van der Waals surface area contributed by atoms with Crippen LogP contribution in [0, 0.1) is 5.82 Å². The molecule has 3 aromatic rings. The Labute approximate surface area is 255 Å². The van der Waals surface area contributed by atoms with Gasteiger partial charge in [-0.05, 0) is 78.8 Å². The smallest absolute Gasteiger partial charge is 0.325 e. The number of anilines is 1. The minimum Gasteiger partial charge on any atom is -0.325 e. The van der Waals surface area contributed by atoms with Crippen molar-refractivity contribution in [2.24, 2.45) is 0 Å². The lowest BCUT2D eigenvalue weighted by Crippen LogP contribution is -2.54. The van der Waals surface area contributed by atoms with E-state index in [0.717, 1.165) is 37.6 Å². The maximum Gasteiger partial charge on any atom is 0.416 e. The van der Waals surface area contributed by atoms with Crippen molar-refractivity contribution in [2.45, 2.75) is 62.5 Å². The molecular weight excluding hydrogens is 611 g/mol. The van der Waals surface area contributed by atoms with Gasteiger partial charge in [-0.15, -0.1) is 0 Å². The second-order valence-electron chi connectivity index (χ2n) is 11.5. The van der Waals surface area contributed by atoms with Crippen molar-refractivity contribution < 1.29 is 35.5 Å². The summed E-state index contributed by atoms with van der Waals surface area (Å²) in [5.74, 6) is -0.996. The highest BCUT2D eigenvalue weighted by Gasteiger charge is 2.39. The van der Waals surface area contributed by atoms with Gasteiger partial charge in [-0.25, -0.2) is 4.39 Å². The van der Waals surface area contributed by atoms with Gasteiger partial charge in [0.2, 0.25) is 5.91 Å².